The Morgan fingerprint density at radius 3 is 2.57 bits per heavy atom. The number of carbonyl (C=O) groups excluding carboxylic acids is 1. The first-order chi connectivity index (χ1) is 13.8. The van der Waals surface area contributed by atoms with Crippen LogP contribution in [-0.4, -0.2) is 55.2 Å². The van der Waals surface area contributed by atoms with Gasteiger partial charge in [0.25, 0.3) is 5.91 Å². The predicted molar refractivity (Wildman–Crippen MR) is 121 cm³/mol. The molecule has 1 N–H and O–H groups in total. The van der Waals surface area contributed by atoms with E-state index in [4.69, 9.17) is 4.74 Å². The van der Waals surface area contributed by atoms with Crippen LogP contribution >= 0.6 is 34.9 Å². The van der Waals surface area contributed by atoms with Crippen molar-refractivity contribution in [1.29, 1.82) is 0 Å². The first-order valence-corrected chi connectivity index (χ1v) is 12.8. The Bertz CT molecular complexity index is 740. The number of nitrogens with one attached hydrogen (secondary N) is 1. The van der Waals surface area contributed by atoms with Gasteiger partial charge in [-0.05, 0) is 47.1 Å². The van der Waals surface area contributed by atoms with Crippen molar-refractivity contribution >= 4 is 40.8 Å². The standard InChI is InChI=1S/C21H26N2O2S3/c24-20(16-4-6-17(7-5-16)21-27-13-2-14-28-21)22-15-18(19-3-1-12-26-19)23-8-10-25-11-9-23/h1,3-7,12,18,21H,2,8-11,13-15H2,(H,22,24)/t18-/m0/s1. The molecule has 0 aliphatic carbocycles. The van der Waals surface area contributed by atoms with Gasteiger partial charge in [-0.15, -0.1) is 34.9 Å². The Kier molecular flexibility index (Phi) is 7.36. The zero-order valence-electron chi connectivity index (χ0n) is 15.8. The molecule has 1 aromatic carbocycles. The highest BCUT2D eigenvalue weighted by molar-refractivity contribution is 8.16. The molecule has 2 aliphatic rings. The number of benzene rings is 1. The lowest BCUT2D eigenvalue weighted by Gasteiger charge is -2.34. The number of morpholine rings is 1. The minimum Gasteiger partial charge on any atom is -0.379 e. The number of nitrogens with zero attached hydrogens (tertiary/aromatic N) is 1. The molecule has 150 valence electrons. The quantitative estimate of drug-likeness (QED) is 0.729. The van der Waals surface area contributed by atoms with Crippen LogP contribution < -0.4 is 5.32 Å². The van der Waals surface area contributed by atoms with Crippen LogP contribution in [0.15, 0.2) is 41.8 Å². The van der Waals surface area contributed by atoms with Gasteiger partial charge in [-0.2, -0.15) is 0 Å². The molecule has 1 atom stereocenters. The molecular weight excluding hydrogens is 408 g/mol. The fourth-order valence-electron chi connectivity index (χ4n) is 3.54. The molecule has 2 aromatic rings. The van der Waals surface area contributed by atoms with Crippen LogP contribution in [0.1, 0.15) is 37.8 Å². The van der Waals surface area contributed by atoms with Crippen molar-refractivity contribution in [2.75, 3.05) is 44.4 Å². The molecule has 0 saturated carbocycles. The number of amides is 1. The number of ether oxygens (including phenoxy) is 1. The van der Waals surface area contributed by atoms with Crippen LogP contribution in [0.3, 0.4) is 0 Å². The van der Waals surface area contributed by atoms with E-state index in [1.165, 1.54) is 28.4 Å². The third kappa shape index (κ3) is 5.13. The van der Waals surface area contributed by atoms with Crippen molar-refractivity contribution in [1.82, 2.24) is 10.2 Å². The van der Waals surface area contributed by atoms with E-state index in [-0.39, 0.29) is 11.9 Å². The summed E-state index contributed by atoms with van der Waals surface area (Å²) in [5.41, 5.74) is 2.05. The van der Waals surface area contributed by atoms with Crippen LogP contribution in [0.25, 0.3) is 0 Å². The lowest BCUT2D eigenvalue weighted by Crippen LogP contribution is -2.43. The maximum atomic E-state index is 12.7. The average molecular weight is 435 g/mol. The molecule has 4 nitrogen and oxygen atoms in total. The Morgan fingerprint density at radius 2 is 1.89 bits per heavy atom. The van der Waals surface area contributed by atoms with E-state index in [1.54, 1.807) is 11.3 Å². The fraction of sp³-hybridized carbons (Fsp3) is 0.476. The van der Waals surface area contributed by atoms with Crippen molar-refractivity contribution in [3.63, 3.8) is 0 Å². The molecule has 7 heteroatoms. The van der Waals surface area contributed by atoms with Crippen LogP contribution in [0.4, 0.5) is 0 Å². The maximum Gasteiger partial charge on any atom is 0.251 e. The summed E-state index contributed by atoms with van der Waals surface area (Å²) in [7, 11) is 0. The molecule has 0 bridgehead atoms. The van der Waals surface area contributed by atoms with Gasteiger partial charge in [0.05, 0.1) is 23.8 Å². The average Bonchev–Trinajstić information content (AvgIpc) is 3.30. The molecule has 2 saturated heterocycles. The summed E-state index contributed by atoms with van der Waals surface area (Å²) in [6, 6.07) is 12.6. The molecule has 0 unspecified atom stereocenters. The third-order valence-corrected chi connectivity index (χ3v) is 9.07. The number of carbonyl (C=O) groups is 1. The summed E-state index contributed by atoms with van der Waals surface area (Å²) in [6.07, 6.45) is 1.29. The van der Waals surface area contributed by atoms with E-state index < -0.39 is 0 Å². The molecule has 0 spiro atoms. The zero-order valence-corrected chi connectivity index (χ0v) is 18.3. The lowest BCUT2D eigenvalue weighted by atomic mass is 10.1. The van der Waals surface area contributed by atoms with E-state index in [0.29, 0.717) is 11.1 Å². The Labute approximate surface area is 179 Å². The number of hydrogen-bond donors (Lipinski definition) is 1. The van der Waals surface area contributed by atoms with Crippen LogP contribution in [-0.2, 0) is 4.74 Å². The van der Waals surface area contributed by atoms with E-state index >= 15 is 0 Å². The highest BCUT2D eigenvalue weighted by Gasteiger charge is 2.24. The number of thiophene rings is 1. The molecule has 3 heterocycles. The fourth-order valence-corrected chi connectivity index (χ4v) is 7.30. The van der Waals surface area contributed by atoms with Gasteiger partial charge in [-0.25, -0.2) is 0 Å². The SMILES string of the molecule is O=C(NC[C@@H](c1cccs1)N1CCOCC1)c1ccc(C2SCCCS2)cc1. The van der Waals surface area contributed by atoms with Gasteiger partial charge in [0, 0.05) is 30.1 Å². The summed E-state index contributed by atoms with van der Waals surface area (Å²) < 4.78 is 6.00. The van der Waals surface area contributed by atoms with Gasteiger partial charge >= 0.3 is 0 Å². The van der Waals surface area contributed by atoms with Crippen molar-refractivity contribution in [2.24, 2.45) is 0 Å². The van der Waals surface area contributed by atoms with Crippen molar-refractivity contribution in [3.8, 4) is 0 Å². The number of hydrogen-bond acceptors (Lipinski definition) is 6. The second kappa shape index (κ2) is 10.2. The molecular formula is C21H26N2O2S3. The second-order valence-corrected chi connectivity index (χ2v) is 10.6. The van der Waals surface area contributed by atoms with E-state index in [0.717, 1.165) is 31.9 Å². The van der Waals surface area contributed by atoms with Crippen LogP contribution in [0, 0.1) is 0 Å². The topological polar surface area (TPSA) is 41.6 Å². The molecule has 0 radical (unpaired) electrons. The van der Waals surface area contributed by atoms with Gasteiger partial charge in [-0.3, -0.25) is 9.69 Å². The van der Waals surface area contributed by atoms with Gasteiger partial charge in [0.2, 0.25) is 0 Å². The Balaban J connectivity index is 1.37. The first kappa shape index (κ1) is 20.3. The Morgan fingerprint density at radius 1 is 1.14 bits per heavy atom. The predicted octanol–water partition coefficient (Wildman–Crippen LogP) is 4.42. The zero-order chi connectivity index (χ0) is 19.2. The van der Waals surface area contributed by atoms with Crippen LogP contribution in [0.2, 0.25) is 0 Å². The number of rotatable bonds is 6. The van der Waals surface area contributed by atoms with Gasteiger partial charge in [-0.1, -0.05) is 18.2 Å². The van der Waals surface area contributed by atoms with Crippen molar-refractivity contribution < 1.29 is 9.53 Å². The molecule has 1 amide bonds. The summed E-state index contributed by atoms with van der Waals surface area (Å²) in [4.78, 5) is 16.4. The summed E-state index contributed by atoms with van der Waals surface area (Å²) in [6.45, 7) is 3.95. The lowest BCUT2D eigenvalue weighted by molar-refractivity contribution is 0.0169. The monoisotopic (exact) mass is 434 g/mol. The highest BCUT2D eigenvalue weighted by atomic mass is 32.2. The molecule has 4 rings (SSSR count). The van der Waals surface area contributed by atoms with E-state index in [9.17, 15) is 4.79 Å². The first-order valence-electron chi connectivity index (χ1n) is 9.78. The van der Waals surface area contributed by atoms with E-state index in [1.807, 2.05) is 35.7 Å². The summed E-state index contributed by atoms with van der Waals surface area (Å²) in [5, 5.41) is 5.26. The van der Waals surface area contributed by atoms with Gasteiger partial charge in [0.15, 0.2) is 0 Å². The minimum atomic E-state index is 0.00492. The smallest absolute Gasteiger partial charge is 0.251 e. The maximum absolute atomic E-state index is 12.7. The summed E-state index contributed by atoms with van der Waals surface area (Å²) in [5.74, 6) is 2.46. The van der Waals surface area contributed by atoms with Crippen molar-refractivity contribution in [3.05, 3.63) is 57.8 Å². The van der Waals surface area contributed by atoms with E-state index in [2.05, 4.69) is 39.9 Å². The highest BCUT2D eigenvalue weighted by Crippen LogP contribution is 2.43. The van der Waals surface area contributed by atoms with Gasteiger partial charge < -0.3 is 10.1 Å². The number of thioether (sulfide) groups is 2. The van der Waals surface area contributed by atoms with Crippen molar-refractivity contribution in [2.45, 2.75) is 17.0 Å². The van der Waals surface area contributed by atoms with Gasteiger partial charge in [0.1, 0.15) is 0 Å². The van der Waals surface area contributed by atoms with Crippen LogP contribution in [0.5, 0.6) is 0 Å². The molecule has 2 fully saturated rings. The second-order valence-electron chi connectivity index (χ2n) is 6.94. The largest absolute Gasteiger partial charge is 0.379 e. The molecule has 2 aliphatic heterocycles. The third-order valence-electron chi connectivity index (χ3n) is 5.09. The Hall–Kier alpha value is -0.990. The normalized spacial score (nSPS) is 20.0. The minimum absolute atomic E-state index is 0.00492. The summed E-state index contributed by atoms with van der Waals surface area (Å²) >= 11 is 5.77. The molecule has 1 aromatic heterocycles. The molecule has 28 heavy (non-hydrogen) atoms.